The number of aryl methyl sites for hydroxylation is 2. The highest BCUT2D eigenvalue weighted by atomic mass is 32.2. The lowest BCUT2D eigenvalue weighted by Gasteiger charge is -2.20. The average Bonchev–Trinajstić information content (AvgIpc) is 3.26. The molecule has 2 atom stereocenters. The molecule has 3 aromatic rings. The van der Waals surface area contributed by atoms with E-state index in [1.54, 1.807) is 21.3 Å². The van der Waals surface area contributed by atoms with E-state index in [0.29, 0.717) is 36.4 Å². The molecule has 34 heavy (non-hydrogen) atoms. The van der Waals surface area contributed by atoms with Crippen molar-refractivity contribution in [2.75, 3.05) is 32.7 Å². The van der Waals surface area contributed by atoms with E-state index in [1.807, 2.05) is 23.9 Å². The molecule has 0 bridgehead atoms. The highest BCUT2D eigenvalue weighted by Crippen LogP contribution is 2.34. The predicted molar refractivity (Wildman–Crippen MR) is 131 cm³/mol. The van der Waals surface area contributed by atoms with Crippen LogP contribution in [0.3, 0.4) is 0 Å². The molecule has 0 aliphatic carbocycles. The molecule has 0 spiro atoms. The summed E-state index contributed by atoms with van der Waals surface area (Å²) < 4.78 is 21.4. The summed E-state index contributed by atoms with van der Waals surface area (Å²) in [4.78, 5) is 17.5. The standard InChI is InChI=1S/C22H32N8O3S/c1-14-11-23-19(24-12-14)15(2)16(3)34-29-22-28-27-17(9-7-8-10-31-4)30(22)18-20(32-5)25-13-26-21(18)33-6/h11-13,15-16H,7-10H2,1-6H3,(H,28,29). The van der Waals surface area contributed by atoms with E-state index in [9.17, 15) is 0 Å². The van der Waals surface area contributed by atoms with Crippen molar-refractivity contribution in [3.63, 3.8) is 0 Å². The van der Waals surface area contributed by atoms with Gasteiger partial charge in [0.15, 0.2) is 5.69 Å². The van der Waals surface area contributed by atoms with Crippen molar-refractivity contribution in [1.29, 1.82) is 0 Å². The Morgan fingerprint density at radius 2 is 1.65 bits per heavy atom. The first-order chi connectivity index (χ1) is 16.5. The van der Waals surface area contributed by atoms with Gasteiger partial charge in [-0.3, -0.25) is 9.29 Å². The number of hydrogen-bond acceptors (Lipinski definition) is 11. The van der Waals surface area contributed by atoms with Gasteiger partial charge in [-0.2, -0.15) is 9.97 Å². The molecule has 0 radical (unpaired) electrons. The molecule has 0 amide bonds. The molecule has 0 aliphatic rings. The van der Waals surface area contributed by atoms with Crippen LogP contribution in [0.1, 0.15) is 49.8 Å². The second-order valence-corrected chi connectivity index (χ2v) is 8.98. The second kappa shape index (κ2) is 12.5. The third-order valence-corrected chi connectivity index (χ3v) is 6.42. The Kier molecular flexibility index (Phi) is 9.40. The van der Waals surface area contributed by atoms with Crippen LogP contribution in [0.2, 0.25) is 0 Å². The topological polar surface area (TPSA) is 122 Å². The fourth-order valence-corrected chi connectivity index (χ4v) is 3.99. The number of hydrogen-bond donors (Lipinski definition) is 1. The van der Waals surface area contributed by atoms with Crippen molar-refractivity contribution < 1.29 is 14.2 Å². The number of nitrogens with zero attached hydrogens (tertiary/aromatic N) is 7. The van der Waals surface area contributed by atoms with Crippen LogP contribution < -0.4 is 14.2 Å². The number of ether oxygens (including phenoxy) is 3. The van der Waals surface area contributed by atoms with Crippen LogP contribution in [-0.4, -0.2) is 67.9 Å². The molecule has 0 saturated carbocycles. The maximum absolute atomic E-state index is 5.52. The van der Waals surface area contributed by atoms with Crippen molar-refractivity contribution in [3.05, 3.63) is 35.9 Å². The second-order valence-electron chi connectivity index (χ2n) is 7.80. The van der Waals surface area contributed by atoms with E-state index < -0.39 is 0 Å². The Morgan fingerprint density at radius 3 is 2.26 bits per heavy atom. The Balaban J connectivity index is 1.87. The summed E-state index contributed by atoms with van der Waals surface area (Å²) >= 11 is 1.52. The van der Waals surface area contributed by atoms with Crippen LogP contribution >= 0.6 is 11.9 Å². The molecule has 3 aromatic heterocycles. The minimum atomic E-state index is 0.118. The van der Waals surface area contributed by atoms with Crippen molar-refractivity contribution in [2.24, 2.45) is 0 Å². The van der Waals surface area contributed by atoms with Gasteiger partial charge in [-0.1, -0.05) is 13.8 Å². The summed E-state index contributed by atoms with van der Waals surface area (Å²) in [6, 6.07) is 0. The Bertz CT molecular complexity index is 1020. The zero-order valence-electron chi connectivity index (χ0n) is 20.5. The van der Waals surface area contributed by atoms with Gasteiger partial charge < -0.3 is 14.2 Å². The first kappa shape index (κ1) is 25.6. The molecule has 12 heteroatoms. The van der Waals surface area contributed by atoms with E-state index >= 15 is 0 Å². The summed E-state index contributed by atoms with van der Waals surface area (Å²) in [5.74, 6) is 2.93. The van der Waals surface area contributed by atoms with Crippen molar-refractivity contribution >= 4 is 17.9 Å². The lowest BCUT2D eigenvalue weighted by atomic mass is 10.1. The first-order valence-corrected chi connectivity index (χ1v) is 11.9. The fraction of sp³-hybridized carbons (Fsp3) is 0.545. The van der Waals surface area contributed by atoms with Gasteiger partial charge in [0.2, 0.25) is 17.7 Å². The Hall–Kier alpha value is -2.99. The first-order valence-electron chi connectivity index (χ1n) is 11.1. The molecule has 0 fully saturated rings. The summed E-state index contributed by atoms with van der Waals surface area (Å²) in [6.07, 6.45) is 7.55. The molecule has 0 aromatic carbocycles. The van der Waals surface area contributed by atoms with Crippen molar-refractivity contribution in [3.8, 4) is 17.4 Å². The minimum Gasteiger partial charge on any atom is -0.479 e. The molecule has 0 aliphatic heterocycles. The minimum absolute atomic E-state index is 0.118. The van der Waals surface area contributed by atoms with E-state index in [1.165, 1.54) is 18.3 Å². The van der Waals surface area contributed by atoms with E-state index in [4.69, 9.17) is 14.2 Å². The van der Waals surface area contributed by atoms with Crippen LogP contribution in [0.4, 0.5) is 5.95 Å². The number of rotatable bonds is 13. The van der Waals surface area contributed by atoms with Gasteiger partial charge in [0.05, 0.1) is 14.2 Å². The van der Waals surface area contributed by atoms with E-state index in [-0.39, 0.29) is 11.2 Å². The van der Waals surface area contributed by atoms with Gasteiger partial charge in [-0.15, -0.1) is 10.2 Å². The molecule has 1 N–H and O–H groups in total. The highest BCUT2D eigenvalue weighted by Gasteiger charge is 2.25. The summed E-state index contributed by atoms with van der Waals surface area (Å²) in [5.41, 5.74) is 1.58. The van der Waals surface area contributed by atoms with Gasteiger partial charge in [0.25, 0.3) is 0 Å². The number of aromatic nitrogens is 7. The van der Waals surface area contributed by atoms with Gasteiger partial charge in [0, 0.05) is 43.7 Å². The SMILES string of the molecule is COCCCCc1nnc(NSC(C)C(C)c2ncc(C)cn2)n1-c1c(OC)ncnc1OC. The Morgan fingerprint density at radius 1 is 0.971 bits per heavy atom. The zero-order chi connectivity index (χ0) is 24.5. The third-order valence-electron chi connectivity index (χ3n) is 5.34. The fourth-order valence-electron chi connectivity index (χ4n) is 3.24. The Labute approximate surface area is 204 Å². The lowest BCUT2D eigenvalue weighted by molar-refractivity contribution is 0.192. The molecule has 0 saturated heterocycles. The summed E-state index contributed by atoms with van der Waals surface area (Å²) in [7, 11) is 4.81. The van der Waals surface area contributed by atoms with Crippen LogP contribution in [0.25, 0.3) is 5.69 Å². The number of unbranched alkanes of at least 4 members (excludes halogenated alkanes) is 1. The molecule has 11 nitrogen and oxygen atoms in total. The zero-order valence-corrected chi connectivity index (χ0v) is 21.3. The van der Waals surface area contributed by atoms with Gasteiger partial charge in [-0.05, 0) is 37.3 Å². The highest BCUT2D eigenvalue weighted by molar-refractivity contribution is 8.01. The van der Waals surface area contributed by atoms with Crippen LogP contribution in [-0.2, 0) is 11.2 Å². The monoisotopic (exact) mass is 488 g/mol. The van der Waals surface area contributed by atoms with Gasteiger partial charge >= 0.3 is 0 Å². The van der Waals surface area contributed by atoms with Gasteiger partial charge in [0.1, 0.15) is 18.0 Å². The molecule has 2 unspecified atom stereocenters. The predicted octanol–water partition coefficient (Wildman–Crippen LogP) is 3.39. The van der Waals surface area contributed by atoms with Crippen molar-refractivity contribution in [1.82, 2.24) is 34.7 Å². The molecular weight excluding hydrogens is 456 g/mol. The maximum atomic E-state index is 5.52. The summed E-state index contributed by atoms with van der Waals surface area (Å²) in [5, 5.41) is 8.99. The van der Waals surface area contributed by atoms with E-state index in [2.05, 4.69) is 48.7 Å². The van der Waals surface area contributed by atoms with Crippen LogP contribution in [0.15, 0.2) is 18.7 Å². The smallest absolute Gasteiger partial charge is 0.245 e. The third kappa shape index (κ3) is 6.11. The molecule has 3 heterocycles. The van der Waals surface area contributed by atoms with Gasteiger partial charge in [-0.25, -0.2) is 9.97 Å². The van der Waals surface area contributed by atoms with Crippen LogP contribution in [0.5, 0.6) is 11.8 Å². The number of methoxy groups -OCH3 is 3. The molecule has 184 valence electrons. The quantitative estimate of drug-likeness (QED) is 0.281. The largest absolute Gasteiger partial charge is 0.479 e. The van der Waals surface area contributed by atoms with Crippen molar-refractivity contribution in [2.45, 2.75) is 51.2 Å². The molecule has 3 rings (SSSR count). The number of anilines is 1. The van der Waals surface area contributed by atoms with Crippen LogP contribution in [0, 0.1) is 6.92 Å². The summed E-state index contributed by atoms with van der Waals surface area (Å²) in [6.45, 7) is 6.88. The van der Waals surface area contributed by atoms with E-state index in [0.717, 1.165) is 30.1 Å². The number of nitrogens with one attached hydrogen (secondary N) is 1. The lowest BCUT2D eigenvalue weighted by Crippen LogP contribution is -2.15. The molecular formula is C22H32N8O3S. The average molecular weight is 489 g/mol. The normalized spacial score (nSPS) is 12.9. The maximum Gasteiger partial charge on any atom is 0.245 e.